The molecule has 2 saturated heterocycles. The minimum Gasteiger partial charge on any atom is -0.382 e. The van der Waals surface area contributed by atoms with Gasteiger partial charge in [0.25, 0.3) is 0 Å². The summed E-state index contributed by atoms with van der Waals surface area (Å²) in [6, 6.07) is 0. The predicted molar refractivity (Wildman–Crippen MR) is 63.8 cm³/mol. The van der Waals surface area contributed by atoms with Gasteiger partial charge >= 0.3 is 0 Å². The van der Waals surface area contributed by atoms with Gasteiger partial charge in [0.2, 0.25) is 5.91 Å². The highest BCUT2D eigenvalue weighted by atomic mass is 16.5. The lowest BCUT2D eigenvalue weighted by atomic mass is 9.98. The number of ether oxygens (including phenoxy) is 2. The molecule has 5 nitrogen and oxygen atoms in total. The van der Waals surface area contributed by atoms with E-state index in [0.29, 0.717) is 19.8 Å². The van der Waals surface area contributed by atoms with Gasteiger partial charge in [0.05, 0.1) is 25.2 Å². The Labute approximate surface area is 102 Å². The van der Waals surface area contributed by atoms with Crippen LogP contribution in [0.4, 0.5) is 0 Å². The van der Waals surface area contributed by atoms with Crippen LogP contribution in [-0.2, 0) is 14.3 Å². The minimum atomic E-state index is 0.0363. The number of methoxy groups -OCH3 is 1. The van der Waals surface area contributed by atoms with Gasteiger partial charge in [-0.05, 0) is 19.4 Å². The number of piperidine rings is 1. The first-order chi connectivity index (χ1) is 8.31. The van der Waals surface area contributed by atoms with Crippen molar-refractivity contribution in [2.75, 3.05) is 46.5 Å². The van der Waals surface area contributed by atoms with Crippen LogP contribution in [0.25, 0.3) is 0 Å². The Bertz CT molecular complexity index is 252. The summed E-state index contributed by atoms with van der Waals surface area (Å²) in [6.07, 6.45) is 2.15. The molecule has 5 heteroatoms. The highest BCUT2D eigenvalue weighted by Gasteiger charge is 2.29. The Morgan fingerprint density at radius 2 is 2.47 bits per heavy atom. The molecule has 2 fully saturated rings. The molecule has 2 atom stereocenters. The van der Waals surface area contributed by atoms with Gasteiger partial charge in [0.15, 0.2) is 0 Å². The molecule has 2 heterocycles. The number of rotatable bonds is 3. The van der Waals surface area contributed by atoms with Crippen LogP contribution < -0.4 is 5.32 Å². The Hall–Kier alpha value is -0.650. The second-order valence-electron chi connectivity index (χ2n) is 4.78. The summed E-state index contributed by atoms with van der Waals surface area (Å²) in [4.78, 5) is 14.2. The first-order valence-electron chi connectivity index (χ1n) is 6.41. The van der Waals surface area contributed by atoms with E-state index in [1.165, 1.54) is 0 Å². The number of nitrogens with one attached hydrogen (secondary N) is 1. The van der Waals surface area contributed by atoms with Crippen molar-refractivity contribution in [3.05, 3.63) is 0 Å². The van der Waals surface area contributed by atoms with Crippen molar-refractivity contribution < 1.29 is 14.3 Å². The molecule has 17 heavy (non-hydrogen) atoms. The van der Waals surface area contributed by atoms with Crippen LogP contribution in [0, 0.1) is 5.92 Å². The molecule has 0 radical (unpaired) electrons. The van der Waals surface area contributed by atoms with E-state index < -0.39 is 0 Å². The molecule has 2 aliphatic heterocycles. The van der Waals surface area contributed by atoms with E-state index in [2.05, 4.69) is 5.32 Å². The standard InChI is InChI=1S/C12H22N2O3/c1-16-9-11-8-14(5-6-17-11)12(15)10-3-2-4-13-7-10/h10-11,13H,2-9H2,1H3/t10-,11-/m1/s1. The number of amides is 1. The zero-order valence-electron chi connectivity index (χ0n) is 10.5. The fraction of sp³-hybridized carbons (Fsp3) is 0.917. The Morgan fingerprint density at radius 1 is 1.59 bits per heavy atom. The van der Waals surface area contributed by atoms with E-state index in [4.69, 9.17) is 9.47 Å². The topological polar surface area (TPSA) is 50.8 Å². The molecular formula is C12H22N2O3. The van der Waals surface area contributed by atoms with Crippen LogP contribution >= 0.6 is 0 Å². The summed E-state index contributed by atoms with van der Waals surface area (Å²) in [5.41, 5.74) is 0. The highest BCUT2D eigenvalue weighted by Crippen LogP contribution is 2.16. The van der Waals surface area contributed by atoms with E-state index in [-0.39, 0.29) is 17.9 Å². The maximum Gasteiger partial charge on any atom is 0.227 e. The van der Waals surface area contributed by atoms with Crippen molar-refractivity contribution in [2.24, 2.45) is 5.92 Å². The van der Waals surface area contributed by atoms with Crippen LogP contribution in [0.3, 0.4) is 0 Å². The zero-order valence-corrected chi connectivity index (χ0v) is 10.5. The molecular weight excluding hydrogens is 220 g/mol. The summed E-state index contributed by atoms with van der Waals surface area (Å²) < 4.78 is 10.6. The molecule has 0 bridgehead atoms. The second kappa shape index (κ2) is 6.33. The number of hydrogen-bond donors (Lipinski definition) is 1. The van der Waals surface area contributed by atoms with Gasteiger partial charge < -0.3 is 19.7 Å². The maximum absolute atomic E-state index is 12.3. The molecule has 0 saturated carbocycles. The number of carbonyl (C=O) groups is 1. The SMILES string of the molecule is COC[C@H]1CN(C(=O)[C@@H]2CCCNC2)CCO1. The molecule has 0 unspecified atom stereocenters. The molecule has 0 aromatic rings. The number of morpholine rings is 1. The maximum atomic E-state index is 12.3. The average Bonchev–Trinajstić information content (AvgIpc) is 2.40. The molecule has 2 rings (SSSR count). The lowest BCUT2D eigenvalue weighted by Crippen LogP contribution is -2.51. The van der Waals surface area contributed by atoms with Crippen LogP contribution in [0.1, 0.15) is 12.8 Å². The Balaban J connectivity index is 1.85. The fourth-order valence-corrected chi connectivity index (χ4v) is 2.53. The van der Waals surface area contributed by atoms with E-state index in [1.807, 2.05) is 4.90 Å². The van der Waals surface area contributed by atoms with Gasteiger partial charge in [-0.15, -0.1) is 0 Å². The van der Waals surface area contributed by atoms with E-state index in [9.17, 15) is 4.79 Å². The van der Waals surface area contributed by atoms with Crippen LogP contribution in [0.15, 0.2) is 0 Å². The normalized spacial score (nSPS) is 30.3. The molecule has 98 valence electrons. The van der Waals surface area contributed by atoms with E-state index in [0.717, 1.165) is 32.5 Å². The van der Waals surface area contributed by atoms with Gasteiger partial charge in [0.1, 0.15) is 0 Å². The smallest absolute Gasteiger partial charge is 0.227 e. The first kappa shape index (κ1) is 12.8. The van der Waals surface area contributed by atoms with E-state index >= 15 is 0 Å². The van der Waals surface area contributed by atoms with Crippen LogP contribution in [-0.4, -0.2) is 63.4 Å². The van der Waals surface area contributed by atoms with Gasteiger partial charge in [-0.25, -0.2) is 0 Å². The summed E-state index contributed by atoms with van der Waals surface area (Å²) >= 11 is 0. The molecule has 1 N–H and O–H groups in total. The third kappa shape index (κ3) is 3.40. The van der Waals surface area contributed by atoms with Gasteiger partial charge in [-0.2, -0.15) is 0 Å². The van der Waals surface area contributed by atoms with Gasteiger partial charge in [-0.3, -0.25) is 4.79 Å². The zero-order chi connectivity index (χ0) is 12.1. The van der Waals surface area contributed by atoms with Crippen molar-refractivity contribution in [3.63, 3.8) is 0 Å². The molecule has 0 aromatic carbocycles. The third-order valence-electron chi connectivity index (χ3n) is 3.45. The average molecular weight is 242 g/mol. The van der Waals surface area contributed by atoms with Crippen molar-refractivity contribution >= 4 is 5.91 Å². The van der Waals surface area contributed by atoms with E-state index in [1.54, 1.807) is 7.11 Å². The summed E-state index contributed by atoms with van der Waals surface area (Å²) in [7, 11) is 1.66. The third-order valence-corrected chi connectivity index (χ3v) is 3.45. The fourth-order valence-electron chi connectivity index (χ4n) is 2.53. The molecule has 2 aliphatic rings. The predicted octanol–water partition coefficient (Wildman–Crippen LogP) is -0.140. The lowest BCUT2D eigenvalue weighted by molar-refractivity contribution is -0.145. The van der Waals surface area contributed by atoms with Gasteiger partial charge in [-0.1, -0.05) is 0 Å². The van der Waals surface area contributed by atoms with Crippen molar-refractivity contribution in [2.45, 2.75) is 18.9 Å². The largest absolute Gasteiger partial charge is 0.382 e. The highest BCUT2D eigenvalue weighted by molar-refractivity contribution is 5.79. The number of carbonyl (C=O) groups excluding carboxylic acids is 1. The second-order valence-corrected chi connectivity index (χ2v) is 4.78. The van der Waals surface area contributed by atoms with Crippen molar-refractivity contribution in [1.29, 1.82) is 0 Å². The number of nitrogens with zero attached hydrogens (tertiary/aromatic N) is 1. The molecule has 0 aliphatic carbocycles. The summed E-state index contributed by atoms with van der Waals surface area (Å²) in [6.45, 7) is 4.44. The summed E-state index contributed by atoms with van der Waals surface area (Å²) in [5.74, 6) is 0.437. The molecule has 1 amide bonds. The van der Waals surface area contributed by atoms with Crippen molar-refractivity contribution in [3.8, 4) is 0 Å². The first-order valence-corrected chi connectivity index (χ1v) is 6.41. The minimum absolute atomic E-state index is 0.0363. The molecule has 0 aromatic heterocycles. The number of hydrogen-bond acceptors (Lipinski definition) is 4. The Morgan fingerprint density at radius 3 is 3.18 bits per heavy atom. The molecule has 0 spiro atoms. The Kier molecular flexibility index (Phi) is 4.76. The van der Waals surface area contributed by atoms with Crippen LogP contribution in [0.2, 0.25) is 0 Å². The van der Waals surface area contributed by atoms with Crippen molar-refractivity contribution in [1.82, 2.24) is 10.2 Å². The quantitative estimate of drug-likeness (QED) is 0.748. The lowest BCUT2D eigenvalue weighted by Gasteiger charge is -2.35. The summed E-state index contributed by atoms with van der Waals surface area (Å²) in [5, 5.41) is 3.29. The monoisotopic (exact) mass is 242 g/mol. The van der Waals surface area contributed by atoms with Gasteiger partial charge in [0, 0.05) is 26.7 Å². The van der Waals surface area contributed by atoms with Crippen LogP contribution in [0.5, 0.6) is 0 Å².